The third-order valence-electron chi connectivity index (χ3n) is 4.18. The van der Waals surface area contributed by atoms with Gasteiger partial charge in [0.25, 0.3) is 5.91 Å². The molecule has 6 heteroatoms. The fourth-order valence-electron chi connectivity index (χ4n) is 3.11. The third-order valence-corrected chi connectivity index (χ3v) is 4.18. The minimum Gasteiger partial charge on any atom is -0.507 e. The first-order chi connectivity index (χ1) is 11.0. The number of hydrogen-bond acceptors (Lipinski definition) is 4. The first-order valence-corrected chi connectivity index (χ1v) is 7.82. The second kappa shape index (κ2) is 6.42. The summed E-state index contributed by atoms with van der Waals surface area (Å²) in [5.74, 6) is 0.653. The predicted molar refractivity (Wildman–Crippen MR) is 88.3 cm³/mol. The lowest BCUT2D eigenvalue weighted by atomic mass is 10.1. The van der Waals surface area contributed by atoms with Crippen LogP contribution in [0.1, 0.15) is 16.9 Å². The summed E-state index contributed by atoms with van der Waals surface area (Å²) in [4.78, 5) is 16.6. The molecule has 0 aliphatic carbocycles. The van der Waals surface area contributed by atoms with Gasteiger partial charge in [0.2, 0.25) is 0 Å². The Balaban J connectivity index is 1.71. The molecular formula is C17H22N4O2. The van der Waals surface area contributed by atoms with Crippen molar-refractivity contribution in [2.24, 2.45) is 5.92 Å². The average Bonchev–Trinajstić information content (AvgIpc) is 3.16. The molecule has 0 spiro atoms. The van der Waals surface area contributed by atoms with Crippen molar-refractivity contribution in [3.05, 3.63) is 36.0 Å². The Labute approximate surface area is 135 Å². The fourth-order valence-corrected chi connectivity index (χ4v) is 3.11. The van der Waals surface area contributed by atoms with Crippen molar-refractivity contribution in [2.45, 2.75) is 6.42 Å². The average molecular weight is 314 g/mol. The van der Waals surface area contributed by atoms with Gasteiger partial charge in [-0.15, -0.1) is 0 Å². The van der Waals surface area contributed by atoms with E-state index in [2.05, 4.69) is 29.2 Å². The van der Waals surface area contributed by atoms with Gasteiger partial charge in [-0.1, -0.05) is 12.1 Å². The van der Waals surface area contributed by atoms with Gasteiger partial charge in [0.1, 0.15) is 11.4 Å². The van der Waals surface area contributed by atoms with Crippen LogP contribution in [0, 0.1) is 5.92 Å². The van der Waals surface area contributed by atoms with Crippen LogP contribution in [-0.2, 0) is 0 Å². The number of carbonyl (C=O) groups excluding carboxylic acids is 1. The molecule has 1 unspecified atom stereocenters. The topological polar surface area (TPSA) is 72.5 Å². The van der Waals surface area contributed by atoms with Crippen molar-refractivity contribution in [1.29, 1.82) is 0 Å². The summed E-state index contributed by atoms with van der Waals surface area (Å²) in [6.45, 7) is 2.56. The normalized spacial score (nSPS) is 17.9. The number of aromatic nitrogens is 2. The summed E-state index contributed by atoms with van der Waals surface area (Å²) in [5.41, 5.74) is 1.67. The molecule has 0 saturated carbocycles. The molecule has 3 rings (SSSR count). The van der Waals surface area contributed by atoms with Gasteiger partial charge in [0.15, 0.2) is 0 Å². The summed E-state index contributed by atoms with van der Waals surface area (Å²) in [5, 5.41) is 16.9. The van der Waals surface area contributed by atoms with E-state index in [1.165, 1.54) is 0 Å². The Morgan fingerprint density at radius 3 is 2.96 bits per heavy atom. The zero-order chi connectivity index (χ0) is 16.4. The molecule has 1 fully saturated rings. The molecule has 2 heterocycles. The summed E-state index contributed by atoms with van der Waals surface area (Å²) >= 11 is 0. The van der Waals surface area contributed by atoms with E-state index >= 15 is 0 Å². The second-order valence-corrected chi connectivity index (χ2v) is 6.35. The van der Waals surface area contributed by atoms with Crippen LogP contribution >= 0.6 is 0 Å². The molecule has 6 nitrogen and oxygen atoms in total. The number of H-pyrrole nitrogens is 1. The highest BCUT2D eigenvalue weighted by Gasteiger charge is 2.28. The van der Waals surface area contributed by atoms with Gasteiger partial charge in [0.05, 0.1) is 5.69 Å². The van der Waals surface area contributed by atoms with Gasteiger partial charge >= 0.3 is 0 Å². The molecule has 1 aromatic heterocycles. The number of rotatable bonds is 4. The van der Waals surface area contributed by atoms with E-state index in [1.807, 2.05) is 11.0 Å². The lowest BCUT2D eigenvalue weighted by molar-refractivity contribution is 0.0779. The van der Waals surface area contributed by atoms with E-state index in [-0.39, 0.29) is 11.7 Å². The maximum atomic E-state index is 12.6. The van der Waals surface area contributed by atoms with E-state index in [0.717, 1.165) is 26.1 Å². The van der Waals surface area contributed by atoms with Gasteiger partial charge in [-0.05, 0) is 44.6 Å². The van der Waals surface area contributed by atoms with Crippen molar-refractivity contribution in [3.8, 4) is 17.0 Å². The number of amides is 1. The van der Waals surface area contributed by atoms with Gasteiger partial charge in [0, 0.05) is 25.2 Å². The van der Waals surface area contributed by atoms with Crippen molar-refractivity contribution >= 4 is 5.91 Å². The van der Waals surface area contributed by atoms with Crippen LogP contribution in [0.5, 0.6) is 5.75 Å². The van der Waals surface area contributed by atoms with Gasteiger partial charge in [-0.3, -0.25) is 9.89 Å². The second-order valence-electron chi connectivity index (χ2n) is 6.35. The van der Waals surface area contributed by atoms with E-state index in [4.69, 9.17) is 0 Å². The molecule has 1 amide bonds. The van der Waals surface area contributed by atoms with Gasteiger partial charge in [-0.25, -0.2) is 0 Å². The molecule has 1 saturated heterocycles. The summed E-state index contributed by atoms with van der Waals surface area (Å²) in [6.07, 6.45) is 1.03. The van der Waals surface area contributed by atoms with Gasteiger partial charge < -0.3 is 14.9 Å². The Bertz CT molecular complexity index is 695. The number of benzene rings is 1. The predicted octanol–water partition coefficient (Wildman–Crippen LogP) is 1.81. The lowest BCUT2D eigenvalue weighted by Crippen LogP contribution is -2.31. The summed E-state index contributed by atoms with van der Waals surface area (Å²) in [6, 6.07) is 8.68. The van der Waals surface area contributed by atoms with Crippen LogP contribution in [-0.4, -0.2) is 64.7 Å². The van der Waals surface area contributed by atoms with Crippen LogP contribution in [0.25, 0.3) is 11.3 Å². The molecule has 122 valence electrons. The molecule has 0 bridgehead atoms. The number of carbonyl (C=O) groups is 1. The number of phenols is 1. The molecule has 23 heavy (non-hydrogen) atoms. The fraction of sp³-hybridized carbons (Fsp3) is 0.412. The number of aromatic hydroxyl groups is 1. The number of nitrogens with one attached hydrogen (secondary N) is 1. The lowest BCUT2D eigenvalue weighted by Gasteiger charge is -2.17. The Morgan fingerprint density at radius 1 is 1.43 bits per heavy atom. The summed E-state index contributed by atoms with van der Waals surface area (Å²) < 4.78 is 0. The van der Waals surface area contributed by atoms with Crippen LogP contribution in [0.2, 0.25) is 0 Å². The molecule has 1 aromatic carbocycles. The summed E-state index contributed by atoms with van der Waals surface area (Å²) in [7, 11) is 4.11. The van der Waals surface area contributed by atoms with Crippen LogP contribution < -0.4 is 0 Å². The zero-order valence-electron chi connectivity index (χ0n) is 13.5. The number of aromatic amines is 1. The number of hydrogen-bond donors (Lipinski definition) is 2. The molecule has 1 atom stereocenters. The molecule has 0 radical (unpaired) electrons. The van der Waals surface area contributed by atoms with Crippen LogP contribution in [0.3, 0.4) is 0 Å². The van der Waals surface area contributed by atoms with Crippen molar-refractivity contribution in [3.63, 3.8) is 0 Å². The standard InChI is InChI=1S/C17H22N4O2/c1-20(2)10-12-7-8-21(11-12)17(23)15-9-14(18-19-15)13-5-3-4-6-16(13)22/h3-6,9,12,22H,7-8,10-11H2,1-2H3,(H,18,19). The first kappa shape index (κ1) is 15.6. The highest BCUT2D eigenvalue weighted by molar-refractivity contribution is 5.93. The third kappa shape index (κ3) is 3.37. The minimum atomic E-state index is -0.0274. The van der Waals surface area contributed by atoms with Crippen molar-refractivity contribution < 1.29 is 9.90 Å². The van der Waals surface area contributed by atoms with Crippen molar-refractivity contribution in [1.82, 2.24) is 20.0 Å². The number of nitrogens with zero attached hydrogens (tertiary/aromatic N) is 3. The Hall–Kier alpha value is -2.34. The SMILES string of the molecule is CN(C)CC1CCN(C(=O)c2cc(-c3ccccc3O)n[nH]2)C1. The van der Waals surface area contributed by atoms with E-state index in [9.17, 15) is 9.90 Å². The van der Waals surface area contributed by atoms with Crippen molar-refractivity contribution in [2.75, 3.05) is 33.7 Å². The quantitative estimate of drug-likeness (QED) is 0.903. The Kier molecular flexibility index (Phi) is 4.34. The number of para-hydroxylation sites is 1. The molecule has 2 N–H and O–H groups in total. The smallest absolute Gasteiger partial charge is 0.271 e. The first-order valence-electron chi connectivity index (χ1n) is 7.82. The Morgan fingerprint density at radius 2 is 2.22 bits per heavy atom. The minimum absolute atomic E-state index is 0.0274. The molecule has 2 aromatic rings. The number of likely N-dealkylation sites (tertiary alicyclic amines) is 1. The largest absolute Gasteiger partial charge is 0.507 e. The van der Waals surface area contributed by atoms with E-state index in [1.54, 1.807) is 24.3 Å². The molecule has 1 aliphatic heterocycles. The van der Waals surface area contributed by atoms with Gasteiger partial charge in [-0.2, -0.15) is 5.10 Å². The zero-order valence-corrected chi connectivity index (χ0v) is 13.5. The van der Waals surface area contributed by atoms with E-state index < -0.39 is 0 Å². The maximum Gasteiger partial charge on any atom is 0.271 e. The molecule has 1 aliphatic rings. The monoisotopic (exact) mass is 314 g/mol. The maximum absolute atomic E-state index is 12.6. The van der Waals surface area contributed by atoms with Crippen LogP contribution in [0.15, 0.2) is 30.3 Å². The van der Waals surface area contributed by atoms with Crippen LogP contribution in [0.4, 0.5) is 0 Å². The number of phenolic OH excluding ortho intramolecular Hbond substituents is 1. The van der Waals surface area contributed by atoms with E-state index in [0.29, 0.717) is 22.9 Å². The molecular weight excluding hydrogens is 292 g/mol. The highest BCUT2D eigenvalue weighted by atomic mass is 16.3. The highest BCUT2D eigenvalue weighted by Crippen LogP contribution is 2.28.